The molecule has 1 aromatic carbocycles. The van der Waals surface area contributed by atoms with Gasteiger partial charge in [0.15, 0.2) is 0 Å². The molecule has 0 saturated carbocycles. The molecule has 2 rings (SSSR count). The molecule has 88 valence electrons. The highest BCUT2D eigenvalue weighted by molar-refractivity contribution is 5.29. The van der Waals surface area contributed by atoms with Gasteiger partial charge in [-0.05, 0) is 24.6 Å². The summed E-state index contributed by atoms with van der Waals surface area (Å²) in [6, 6.07) is 2.20. The Morgan fingerprint density at radius 2 is 1.88 bits per heavy atom. The van der Waals surface area contributed by atoms with E-state index in [9.17, 15) is 8.78 Å². The maximum Gasteiger partial charge on any atom is 0.210 e. The van der Waals surface area contributed by atoms with Gasteiger partial charge in [0, 0.05) is 0 Å². The van der Waals surface area contributed by atoms with Gasteiger partial charge in [-0.15, -0.1) is 0 Å². The van der Waals surface area contributed by atoms with Gasteiger partial charge < -0.3 is 15.2 Å². The van der Waals surface area contributed by atoms with Crippen LogP contribution in [0, 0.1) is 18.6 Å². The Morgan fingerprint density at radius 1 is 1.25 bits per heavy atom. The molecular weight excluding hydrogens is 216 g/mol. The monoisotopic (exact) mass is 229 g/mol. The molecule has 1 aromatic rings. The second kappa shape index (κ2) is 4.08. The van der Waals surface area contributed by atoms with Gasteiger partial charge in [-0.1, -0.05) is 0 Å². The molecule has 1 heterocycles. The first-order valence-electron chi connectivity index (χ1n) is 5.03. The summed E-state index contributed by atoms with van der Waals surface area (Å²) < 4.78 is 37.7. The number of aryl methyl sites for hydroxylation is 1. The van der Waals surface area contributed by atoms with E-state index in [4.69, 9.17) is 15.2 Å². The lowest BCUT2D eigenvalue weighted by Gasteiger charge is -2.26. The van der Waals surface area contributed by atoms with Crippen LogP contribution < -0.4 is 5.73 Å². The molecule has 5 heteroatoms. The standard InChI is InChI=1S/C11H13F2NO2/c1-7-4-10(13)8(5-9(7)12)11(6-14)15-2-3-16-11/h4-5H,2-3,6,14H2,1H3. The minimum Gasteiger partial charge on any atom is -0.342 e. The van der Waals surface area contributed by atoms with E-state index in [1.54, 1.807) is 0 Å². The first-order valence-corrected chi connectivity index (χ1v) is 5.03. The van der Waals surface area contributed by atoms with E-state index in [-0.39, 0.29) is 17.7 Å². The molecule has 0 aliphatic carbocycles. The van der Waals surface area contributed by atoms with Crippen LogP contribution in [0.1, 0.15) is 11.1 Å². The lowest BCUT2D eigenvalue weighted by Crippen LogP contribution is -2.37. The van der Waals surface area contributed by atoms with Crippen molar-refractivity contribution in [3.63, 3.8) is 0 Å². The number of benzene rings is 1. The van der Waals surface area contributed by atoms with E-state index in [0.717, 1.165) is 12.1 Å². The molecule has 0 aromatic heterocycles. The Morgan fingerprint density at radius 3 is 2.44 bits per heavy atom. The Bertz CT molecular complexity index is 403. The second-order valence-electron chi connectivity index (χ2n) is 3.74. The average Bonchev–Trinajstić information content (AvgIpc) is 2.73. The Hall–Kier alpha value is -1.04. The molecule has 0 amide bonds. The average molecular weight is 229 g/mol. The van der Waals surface area contributed by atoms with Crippen molar-refractivity contribution in [3.8, 4) is 0 Å². The number of rotatable bonds is 2. The predicted molar refractivity (Wildman–Crippen MR) is 53.7 cm³/mol. The molecule has 16 heavy (non-hydrogen) atoms. The van der Waals surface area contributed by atoms with Crippen molar-refractivity contribution in [1.82, 2.24) is 0 Å². The number of hydrogen-bond donors (Lipinski definition) is 1. The third-order valence-electron chi connectivity index (χ3n) is 2.68. The summed E-state index contributed by atoms with van der Waals surface area (Å²) in [4.78, 5) is 0. The van der Waals surface area contributed by atoms with Gasteiger partial charge in [0.05, 0.1) is 25.3 Å². The molecule has 1 saturated heterocycles. The predicted octanol–water partition coefficient (Wildman–Crippen LogP) is 1.43. The van der Waals surface area contributed by atoms with Crippen molar-refractivity contribution < 1.29 is 18.3 Å². The fourth-order valence-electron chi connectivity index (χ4n) is 1.78. The molecule has 1 fully saturated rings. The molecule has 1 aliphatic rings. The molecule has 3 nitrogen and oxygen atoms in total. The summed E-state index contributed by atoms with van der Waals surface area (Å²) in [5.74, 6) is -2.40. The van der Waals surface area contributed by atoms with Gasteiger partial charge >= 0.3 is 0 Å². The van der Waals surface area contributed by atoms with E-state index in [0.29, 0.717) is 13.2 Å². The van der Waals surface area contributed by atoms with Crippen molar-refractivity contribution in [2.24, 2.45) is 5.73 Å². The van der Waals surface area contributed by atoms with Crippen molar-refractivity contribution >= 4 is 0 Å². The van der Waals surface area contributed by atoms with Crippen LogP contribution in [0.4, 0.5) is 8.78 Å². The number of ether oxygens (including phenoxy) is 2. The van der Waals surface area contributed by atoms with Crippen LogP contribution in [0.2, 0.25) is 0 Å². The van der Waals surface area contributed by atoms with Crippen LogP contribution in [0.25, 0.3) is 0 Å². The van der Waals surface area contributed by atoms with Crippen molar-refractivity contribution in [2.75, 3.05) is 19.8 Å². The van der Waals surface area contributed by atoms with Crippen LogP contribution in [0.5, 0.6) is 0 Å². The van der Waals surface area contributed by atoms with Crippen molar-refractivity contribution in [3.05, 3.63) is 34.9 Å². The van der Waals surface area contributed by atoms with E-state index in [1.165, 1.54) is 6.92 Å². The third kappa shape index (κ3) is 1.71. The van der Waals surface area contributed by atoms with Gasteiger partial charge in [-0.25, -0.2) is 8.78 Å². The summed E-state index contributed by atoms with van der Waals surface area (Å²) in [6.07, 6.45) is 0. The molecule has 0 atom stereocenters. The van der Waals surface area contributed by atoms with Gasteiger partial charge in [0.1, 0.15) is 11.6 Å². The van der Waals surface area contributed by atoms with Crippen molar-refractivity contribution in [1.29, 1.82) is 0 Å². The van der Waals surface area contributed by atoms with Crippen LogP contribution in [0.3, 0.4) is 0 Å². The Labute approximate surface area is 92.1 Å². The largest absolute Gasteiger partial charge is 0.342 e. The van der Waals surface area contributed by atoms with Crippen LogP contribution in [-0.2, 0) is 15.3 Å². The number of halogens is 2. The second-order valence-corrected chi connectivity index (χ2v) is 3.74. The highest BCUT2D eigenvalue weighted by Crippen LogP contribution is 2.33. The molecule has 0 radical (unpaired) electrons. The van der Waals surface area contributed by atoms with Crippen LogP contribution in [-0.4, -0.2) is 19.8 Å². The zero-order valence-electron chi connectivity index (χ0n) is 8.93. The van der Waals surface area contributed by atoms with Gasteiger partial charge in [-0.3, -0.25) is 0 Å². The summed E-state index contributed by atoms with van der Waals surface area (Å²) in [5.41, 5.74) is 5.78. The fourth-order valence-corrected chi connectivity index (χ4v) is 1.78. The van der Waals surface area contributed by atoms with Crippen molar-refractivity contribution in [2.45, 2.75) is 12.7 Å². The molecule has 2 N–H and O–H groups in total. The Kier molecular flexibility index (Phi) is 2.92. The fraction of sp³-hybridized carbons (Fsp3) is 0.455. The lowest BCUT2D eigenvalue weighted by molar-refractivity contribution is -0.159. The lowest BCUT2D eigenvalue weighted by atomic mass is 10.0. The summed E-state index contributed by atoms with van der Waals surface area (Å²) >= 11 is 0. The van der Waals surface area contributed by atoms with Gasteiger partial charge in [0.25, 0.3) is 0 Å². The van der Waals surface area contributed by atoms with Crippen LogP contribution >= 0.6 is 0 Å². The minimum atomic E-state index is -1.33. The maximum atomic E-state index is 13.7. The molecule has 0 unspecified atom stereocenters. The zero-order valence-corrected chi connectivity index (χ0v) is 8.93. The molecule has 0 spiro atoms. The van der Waals surface area contributed by atoms with E-state index < -0.39 is 17.4 Å². The number of nitrogens with two attached hydrogens (primary N) is 1. The summed E-state index contributed by atoms with van der Waals surface area (Å²) in [6.45, 7) is 2.10. The SMILES string of the molecule is Cc1cc(F)c(C2(CN)OCCO2)cc1F. The summed E-state index contributed by atoms with van der Waals surface area (Å²) in [5, 5.41) is 0. The van der Waals surface area contributed by atoms with E-state index >= 15 is 0 Å². The first-order chi connectivity index (χ1) is 7.59. The Balaban J connectivity index is 2.50. The summed E-state index contributed by atoms with van der Waals surface area (Å²) in [7, 11) is 0. The minimum absolute atomic E-state index is 0.0237. The third-order valence-corrected chi connectivity index (χ3v) is 2.68. The van der Waals surface area contributed by atoms with Gasteiger partial charge in [0.2, 0.25) is 5.79 Å². The number of hydrogen-bond acceptors (Lipinski definition) is 3. The van der Waals surface area contributed by atoms with Crippen LogP contribution in [0.15, 0.2) is 12.1 Å². The quantitative estimate of drug-likeness (QED) is 0.834. The smallest absolute Gasteiger partial charge is 0.210 e. The van der Waals surface area contributed by atoms with E-state index in [1.807, 2.05) is 0 Å². The highest BCUT2D eigenvalue weighted by atomic mass is 19.1. The molecule has 1 aliphatic heterocycles. The maximum absolute atomic E-state index is 13.7. The topological polar surface area (TPSA) is 44.5 Å². The zero-order chi connectivity index (χ0) is 11.8. The normalized spacial score (nSPS) is 19.0. The first kappa shape index (κ1) is 11.4. The van der Waals surface area contributed by atoms with E-state index in [2.05, 4.69) is 0 Å². The highest BCUT2D eigenvalue weighted by Gasteiger charge is 2.40. The molecule has 0 bridgehead atoms. The van der Waals surface area contributed by atoms with Gasteiger partial charge in [-0.2, -0.15) is 0 Å². The molecular formula is C11H13F2NO2.